The predicted molar refractivity (Wildman–Crippen MR) is 122 cm³/mol. The van der Waals surface area contributed by atoms with Gasteiger partial charge in [0.1, 0.15) is 11.5 Å². The molecule has 0 unspecified atom stereocenters. The van der Waals surface area contributed by atoms with E-state index >= 15 is 0 Å². The second kappa shape index (κ2) is 8.69. The highest BCUT2D eigenvalue weighted by molar-refractivity contribution is 14.1. The summed E-state index contributed by atoms with van der Waals surface area (Å²) >= 11 is 2.38. The Morgan fingerprint density at radius 2 is 1.70 bits per heavy atom. The predicted octanol–water partition coefficient (Wildman–Crippen LogP) is 5.19. The molecule has 5 heteroatoms. The number of rotatable bonds is 7. The summed E-state index contributed by atoms with van der Waals surface area (Å²) in [5.41, 5.74) is 7.20. The van der Waals surface area contributed by atoms with Crippen molar-refractivity contribution in [3.63, 3.8) is 0 Å². The average Bonchev–Trinajstić information content (AvgIpc) is 2.90. The van der Waals surface area contributed by atoms with Crippen molar-refractivity contribution >= 4 is 33.6 Å². The van der Waals surface area contributed by atoms with Crippen molar-refractivity contribution in [1.29, 1.82) is 0 Å². The lowest BCUT2D eigenvalue weighted by Gasteiger charge is -2.14. The fraction of sp³-hybridized carbons (Fsp3) is 0.455. The highest BCUT2D eigenvalue weighted by Crippen LogP contribution is 2.30. The van der Waals surface area contributed by atoms with E-state index in [0.29, 0.717) is 0 Å². The Morgan fingerprint density at radius 1 is 1.00 bits per heavy atom. The van der Waals surface area contributed by atoms with E-state index in [-0.39, 0.29) is 0 Å². The fourth-order valence-corrected chi connectivity index (χ4v) is 4.71. The molecular formula is C22H29IN4. The molecule has 0 aliphatic heterocycles. The number of unbranched alkanes of at least 4 members (excludes halogenated alkanes) is 1. The minimum atomic E-state index is 0.839. The third kappa shape index (κ3) is 4.35. The van der Waals surface area contributed by atoms with Crippen molar-refractivity contribution in [3.8, 4) is 5.69 Å². The van der Waals surface area contributed by atoms with Crippen LogP contribution in [0.15, 0.2) is 18.3 Å². The van der Waals surface area contributed by atoms with Crippen molar-refractivity contribution in [1.82, 2.24) is 19.9 Å². The van der Waals surface area contributed by atoms with Crippen molar-refractivity contribution < 1.29 is 0 Å². The number of hydrogen-bond acceptors (Lipinski definition) is 3. The van der Waals surface area contributed by atoms with Gasteiger partial charge in [0.2, 0.25) is 0 Å². The molecule has 0 atom stereocenters. The Labute approximate surface area is 175 Å². The first kappa shape index (κ1) is 20.3. The van der Waals surface area contributed by atoms with Gasteiger partial charge in [-0.3, -0.25) is 0 Å². The first-order chi connectivity index (χ1) is 12.9. The number of halogens is 1. The van der Waals surface area contributed by atoms with E-state index in [2.05, 4.69) is 78.5 Å². The third-order valence-electron chi connectivity index (χ3n) is 4.96. The largest absolute Gasteiger partial charge is 0.316 e. The number of aryl methyl sites for hydroxylation is 4. The summed E-state index contributed by atoms with van der Waals surface area (Å²) in [6.45, 7) is 12.8. The number of benzene rings is 1. The number of nitrogens with one attached hydrogen (secondary N) is 1. The summed E-state index contributed by atoms with van der Waals surface area (Å²) in [7, 11) is 0. The Morgan fingerprint density at radius 3 is 2.37 bits per heavy atom. The van der Waals surface area contributed by atoms with E-state index < -0.39 is 0 Å². The van der Waals surface area contributed by atoms with Gasteiger partial charge in [-0.2, -0.15) is 0 Å². The van der Waals surface area contributed by atoms with E-state index in [4.69, 9.17) is 9.97 Å². The van der Waals surface area contributed by atoms with Crippen LogP contribution in [0.5, 0.6) is 0 Å². The van der Waals surface area contributed by atoms with E-state index in [1.165, 1.54) is 44.2 Å². The maximum atomic E-state index is 4.83. The summed E-state index contributed by atoms with van der Waals surface area (Å²) < 4.78 is 3.53. The molecule has 2 aromatic heterocycles. The van der Waals surface area contributed by atoms with Crippen LogP contribution in [-0.2, 0) is 6.42 Å². The van der Waals surface area contributed by atoms with Crippen LogP contribution in [0.25, 0.3) is 16.7 Å². The average molecular weight is 476 g/mol. The molecule has 0 spiro atoms. The second-order valence-electron chi connectivity index (χ2n) is 7.34. The molecule has 0 amide bonds. The van der Waals surface area contributed by atoms with Crippen molar-refractivity contribution in [3.05, 3.63) is 50.1 Å². The van der Waals surface area contributed by atoms with Crippen LogP contribution in [0.3, 0.4) is 0 Å². The van der Waals surface area contributed by atoms with Crippen molar-refractivity contribution in [2.24, 2.45) is 0 Å². The van der Waals surface area contributed by atoms with Crippen molar-refractivity contribution in [2.45, 2.75) is 53.9 Å². The first-order valence-electron chi connectivity index (χ1n) is 9.75. The Kier molecular flexibility index (Phi) is 6.52. The summed E-state index contributed by atoms with van der Waals surface area (Å²) in [6, 6.07) is 4.47. The van der Waals surface area contributed by atoms with Crippen LogP contribution in [-0.4, -0.2) is 27.6 Å². The lowest BCUT2D eigenvalue weighted by molar-refractivity contribution is 0.636. The molecule has 0 saturated carbocycles. The molecule has 0 fully saturated rings. The standard InChI is InChI=1S/C22H29IN4/c1-6-7-9-24-10-8-19-20-16(4)13-27(22(20)26-17(5)25-19)21-14(2)11-18(23)12-15(21)3/h11-13,24H,6-10H2,1-5H3. The van der Waals surface area contributed by atoms with Gasteiger partial charge in [0.05, 0.1) is 11.4 Å². The number of nitrogens with zero attached hydrogens (tertiary/aromatic N) is 3. The van der Waals surface area contributed by atoms with Gasteiger partial charge < -0.3 is 9.88 Å². The highest BCUT2D eigenvalue weighted by atomic mass is 127. The van der Waals surface area contributed by atoms with Crippen LogP contribution >= 0.6 is 22.6 Å². The molecule has 4 nitrogen and oxygen atoms in total. The molecule has 27 heavy (non-hydrogen) atoms. The van der Waals surface area contributed by atoms with Gasteiger partial charge in [0.15, 0.2) is 0 Å². The van der Waals surface area contributed by atoms with Crippen molar-refractivity contribution in [2.75, 3.05) is 13.1 Å². The van der Waals surface area contributed by atoms with Crippen LogP contribution in [0, 0.1) is 31.3 Å². The first-order valence-corrected chi connectivity index (χ1v) is 10.8. The SMILES string of the molecule is CCCCNCCc1nc(C)nc2c1c(C)cn2-c1c(C)cc(I)cc1C. The molecule has 0 saturated heterocycles. The zero-order chi connectivity index (χ0) is 19.6. The Bertz CT molecular complexity index is 936. The lowest BCUT2D eigenvalue weighted by Crippen LogP contribution is -2.19. The topological polar surface area (TPSA) is 42.7 Å². The summed E-state index contributed by atoms with van der Waals surface area (Å²) in [4.78, 5) is 9.61. The maximum absolute atomic E-state index is 4.83. The summed E-state index contributed by atoms with van der Waals surface area (Å²) in [5.74, 6) is 0.839. The highest BCUT2D eigenvalue weighted by Gasteiger charge is 2.17. The quantitative estimate of drug-likeness (QED) is 0.377. The maximum Gasteiger partial charge on any atom is 0.148 e. The third-order valence-corrected chi connectivity index (χ3v) is 5.59. The smallest absolute Gasteiger partial charge is 0.148 e. The van der Waals surface area contributed by atoms with Crippen LogP contribution in [0.2, 0.25) is 0 Å². The van der Waals surface area contributed by atoms with E-state index in [1.807, 2.05) is 6.92 Å². The Hall–Kier alpha value is -1.47. The molecule has 0 bridgehead atoms. The van der Waals surface area contributed by atoms with Gasteiger partial charge in [0, 0.05) is 28.1 Å². The van der Waals surface area contributed by atoms with Gasteiger partial charge in [-0.25, -0.2) is 9.97 Å². The van der Waals surface area contributed by atoms with Crippen LogP contribution in [0.1, 0.15) is 48.0 Å². The molecule has 3 aromatic rings. The number of hydrogen-bond donors (Lipinski definition) is 1. The molecule has 1 N–H and O–H groups in total. The molecular weight excluding hydrogens is 447 g/mol. The lowest BCUT2D eigenvalue weighted by atomic mass is 10.1. The summed E-state index contributed by atoms with van der Waals surface area (Å²) in [5, 5.41) is 4.74. The number of fused-ring (bicyclic) bond motifs is 1. The summed E-state index contributed by atoms with van der Waals surface area (Å²) in [6.07, 6.45) is 5.59. The van der Waals surface area contributed by atoms with Crippen LogP contribution < -0.4 is 5.32 Å². The molecule has 0 radical (unpaired) electrons. The second-order valence-corrected chi connectivity index (χ2v) is 8.59. The Balaban J connectivity index is 2.05. The van der Waals surface area contributed by atoms with Gasteiger partial charge in [-0.05, 0) is 92.1 Å². The van der Waals surface area contributed by atoms with E-state index in [0.717, 1.165) is 36.7 Å². The molecule has 3 rings (SSSR count). The zero-order valence-electron chi connectivity index (χ0n) is 17.0. The molecule has 2 heterocycles. The van der Waals surface area contributed by atoms with Crippen LogP contribution in [0.4, 0.5) is 0 Å². The number of aromatic nitrogens is 3. The normalized spacial score (nSPS) is 11.5. The minimum Gasteiger partial charge on any atom is -0.316 e. The zero-order valence-corrected chi connectivity index (χ0v) is 19.1. The molecule has 144 valence electrons. The molecule has 1 aromatic carbocycles. The van der Waals surface area contributed by atoms with Gasteiger partial charge >= 0.3 is 0 Å². The molecule has 0 aliphatic carbocycles. The van der Waals surface area contributed by atoms with E-state index in [9.17, 15) is 0 Å². The molecule has 0 aliphatic rings. The minimum absolute atomic E-state index is 0.839. The van der Waals surface area contributed by atoms with Gasteiger partial charge in [-0.1, -0.05) is 13.3 Å². The van der Waals surface area contributed by atoms with E-state index in [1.54, 1.807) is 0 Å². The van der Waals surface area contributed by atoms with Gasteiger partial charge in [-0.15, -0.1) is 0 Å². The van der Waals surface area contributed by atoms with Gasteiger partial charge in [0.25, 0.3) is 0 Å². The fourth-order valence-electron chi connectivity index (χ4n) is 3.78. The monoisotopic (exact) mass is 476 g/mol.